The molecule has 2 amide bonds. The highest BCUT2D eigenvalue weighted by Crippen LogP contribution is 2.37. The van der Waals surface area contributed by atoms with E-state index in [1.54, 1.807) is 34.1 Å². The predicted molar refractivity (Wildman–Crippen MR) is 190 cm³/mol. The molecule has 0 aliphatic carbocycles. The number of hydrogen-bond donors (Lipinski definition) is 1. The van der Waals surface area contributed by atoms with Gasteiger partial charge in [0.15, 0.2) is 0 Å². The van der Waals surface area contributed by atoms with Crippen LogP contribution in [0.25, 0.3) is 0 Å². The molecule has 3 aromatic carbocycles. The molecule has 12 heteroatoms. The maximum absolute atomic E-state index is 12.2. The van der Waals surface area contributed by atoms with Gasteiger partial charge in [-0.1, -0.05) is 76.7 Å². The van der Waals surface area contributed by atoms with Crippen LogP contribution < -0.4 is 4.74 Å². The first kappa shape index (κ1) is 37.9. The van der Waals surface area contributed by atoms with Gasteiger partial charge in [0, 0.05) is 38.0 Å². The van der Waals surface area contributed by atoms with Crippen molar-refractivity contribution in [1.82, 2.24) is 9.80 Å². The lowest BCUT2D eigenvalue weighted by molar-refractivity contribution is -0.0315. The third-order valence-electron chi connectivity index (χ3n) is 7.56. The van der Waals surface area contributed by atoms with Crippen LogP contribution in [0.15, 0.2) is 66.7 Å². The SMILES string of the molecule is CC(C)(C)OC(=O)N1CC(C(O)c2ccc(Cl)c(Cl)c2)C1.CC(C)(C)OC(=O)N1CC(C(Oc2ccccc2)c2ccc(Cl)c(Cl)c2)C1. The van der Waals surface area contributed by atoms with Crippen LogP contribution in [0.1, 0.15) is 64.9 Å². The molecule has 0 spiro atoms. The van der Waals surface area contributed by atoms with Crippen LogP contribution in [0, 0.1) is 11.8 Å². The molecule has 260 valence electrons. The van der Waals surface area contributed by atoms with Crippen LogP contribution in [0.3, 0.4) is 0 Å². The van der Waals surface area contributed by atoms with Crippen LogP contribution >= 0.6 is 46.4 Å². The van der Waals surface area contributed by atoms with E-state index >= 15 is 0 Å². The number of halogens is 4. The van der Waals surface area contributed by atoms with E-state index in [-0.39, 0.29) is 30.1 Å². The molecule has 5 rings (SSSR count). The summed E-state index contributed by atoms with van der Waals surface area (Å²) in [7, 11) is 0. The number of ether oxygens (including phenoxy) is 3. The summed E-state index contributed by atoms with van der Waals surface area (Å²) in [6, 6.07) is 20.2. The van der Waals surface area contributed by atoms with E-state index < -0.39 is 17.3 Å². The molecule has 0 radical (unpaired) electrons. The molecule has 2 unspecified atom stereocenters. The topological polar surface area (TPSA) is 88.5 Å². The van der Waals surface area contributed by atoms with E-state index in [0.717, 1.165) is 11.3 Å². The Labute approximate surface area is 302 Å². The first-order valence-electron chi connectivity index (χ1n) is 15.7. The van der Waals surface area contributed by atoms with Crippen molar-refractivity contribution in [3.05, 3.63) is 97.9 Å². The van der Waals surface area contributed by atoms with E-state index in [1.165, 1.54) is 0 Å². The zero-order valence-electron chi connectivity index (χ0n) is 27.9. The van der Waals surface area contributed by atoms with Gasteiger partial charge < -0.3 is 29.1 Å². The van der Waals surface area contributed by atoms with Gasteiger partial charge >= 0.3 is 12.2 Å². The van der Waals surface area contributed by atoms with Crippen LogP contribution in [0.2, 0.25) is 20.1 Å². The minimum Gasteiger partial charge on any atom is -0.485 e. The number of aliphatic hydroxyl groups is 1. The van der Waals surface area contributed by atoms with Gasteiger partial charge in [0.2, 0.25) is 0 Å². The van der Waals surface area contributed by atoms with Gasteiger partial charge in [-0.2, -0.15) is 0 Å². The minimum atomic E-state index is -0.668. The van der Waals surface area contributed by atoms with E-state index in [4.69, 9.17) is 60.6 Å². The fourth-order valence-corrected chi connectivity index (χ4v) is 5.72. The Morgan fingerprint density at radius 3 is 1.56 bits per heavy atom. The highest BCUT2D eigenvalue weighted by molar-refractivity contribution is 6.42. The number of para-hydroxylation sites is 1. The first-order valence-corrected chi connectivity index (χ1v) is 17.2. The number of likely N-dealkylation sites (tertiary alicyclic amines) is 2. The molecule has 2 heterocycles. The van der Waals surface area contributed by atoms with Crippen molar-refractivity contribution >= 4 is 58.6 Å². The standard InChI is InChI=1S/C21H23Cl2NO3.C15H19Cl2NO3/c1-21(2,3)27-20(25)24-12-15(13-24)19(26-16-7-5-4-6-8-16)14-9-10-17(22)18(23)11-14;1-15(2,3)21-14(20)18-7-10(8-18)13(19)9-4-5-11(16)12(17)6-9/h4-11,15,19H,12-13H2,1-3H3;4-6,10,13,19H,7-8H2,1-3H3. The van der Waals surface area contributed by atoms with Crippen LogP contribution in [-0.4, -0.2) is 64.5 Å². The summed E-state index contributed by atoms with van der Waals surface area (Å²) in [5.74, 6) is 0.883. The van der Waals surface area contributed by atoms with E-state index in [9.17, 15) is 14.7 Å². The summed E-state index contributed by atoms with van der Waals surface area (Å²) < 4.78 is 17.0. The number of benzene rings is 3. The third kappa shape index (κ3) is 10.6. The highest BCUT2D eigenvalue weighted by Gasteiger charge is 2.41. The second kappa shape index (κ2) is 15.8. The number of hydrogen-bond acceptors (Lipinski definition) is 6. The molecule has 48 heavy (non-hydrogen) atoms. The summed E-state index contributed by atoms with van der Waals surface area (Å²) in [6.45, 7) is 13.1. The largest absolute Gasteiger partial charge is 0.485 e. The summed E-state index contributed by atoms with van der Waals surface area (Å²) in [4.78, 5) is 27.3. The second-order valence-electron chi connectivity index (χ2n) is 13.9. The molecule has 8 nitrogen and oxygen atoms in total. The molecule has 2 saturated heterocycles. The molecule has 3 aromatic rings. The number of rotatable bonds is 6. The number of amides is 2. The molecule has 2 aliphatic heterocycles. The Hall–Kier alpha value is -2.88. The Morgan fingerprint density at radius 1 is 0.667 bits per heavy atom. The number of carbonyl (C=O) groups is 2. The molecule has 0 aromatic heterocycles. The van der Waals surface area contributed by atoms with Crippen LogP contribution in [0.4, 0.5) is 9.59 Å². The second-order valence-corrected chi connectivity index (χ2v) is 15.6. The summed E-state index contributed by atoms with van der Waals surface area (Å²) in [5.41, 5.74) is 0.622. The first-order chi connectivity index (χ1) is 22.4. The molecule has 1 N–H and O–H groups in total. The monoisotopic (exact) mass is 738 g/mol. The average Bonchev–Trinajstić information content (AvgIpc) is 2.93. The fourth-order valence-electron chi connectivity index (χ4n) is 5.11. The van der Waals surface area contributed by atoms with E-state index in [1.807, 2.05) is 84.0 Å². The van der Waals surface area contributed by atoms with Gasteiger partial charge in [0.05, 0.1) is 26.2 Å². The van der Waals surface area contributed by atoms with E-state index in [0.29, 0.717) is 51.8 Å². The predicted octanol–water partition coefficient (Wildman–Crippen LogP) is 9.87. The molecule has 0 bridgehead atoms. The van der Waals surface area contributed by atoms with Gasteiger partial charge in [-0.25, -0.2) is 9.59 Å². The van der Waals surface area contributed by atoms with Gasteiger partial charge in [-0.05, 0) is 89.1 Å². The molecule has 2 aliphatic rings. The van der Waals surface area contributed by atoms with Crippen molar-refractivity contribution in [1.29, 1.82) is 0 Å². The lowest BCUT2D eigenvalue weighted by Gasteiger charge is -2.43. The minimum absolute atomic E-state index is 0.0187. The zero-order valence-corrected chi connectivity index (χ0v) is 30.9. The van der Waals surface area contributed by atoms with Crippen molar-refractivity contribution in [3.8, 4) is 5.75 Å². The Bertz CT molecular complexity index is 1560. The lowest BCUT2D eigenvalue weighted by atomic mass is 9.89. The van der Waals surface area contributed by atoms with Gasteiger partial charge in [0.1, 0.15) is 23.1 Å². The quantitative estimate of drug-likeness (QED) is 0.271. The molecular weight excluding hydrogens is 698 g/mol. The van der Waals surface area contributed by atoms with Crippen molar-refractivity contribution in [3.63, 3.8) is 0 Å². The highest BCUT2D eigenvalue weighted by atomic mass is 35.5. The molecule has 2 atom stereocenters. The van der Waals surface area contributed by atoms with Gasteiger partial charge in [0.25, 0.3) is 0 Å². The van der Waals surface area contributed by atoms with Gasteiger partial charge in [-0.15, -0.1) is 0 Å². The lowest BCUT2D eigenvalue weighted by Crippen LogP contribution is -2.54. The number of carbonyl (C=O) groups excluding carboxylic acids is 2. The molecule has 0 saturated carbocycles. The zero-order chi connectivity index (χ0) is 35.4. The summed E-state index contributed by atoms with van der Waals surface area (Å²) in [6.07, 6.45) is -1.55. The third-order valence-corrected chi connectivity index (χ3v) is 9.04. The van der Waals surface area contributed by atoms with Crippen LogP contribution in [0.5, 0.6) is 5.75 Å². The van der Waals surface area contributed by atoms with Crippen molar-refractivity contribution in [2.45, 2.75) is 65.0 Å². The normalized spacial score (nSPS) is 16.5. The van der Waals surface area contributed by atoms with Gasteiger partial charge in [-0.3, -0.25) is 0 Å². The Morgan fingerprint density at radius 2 is 1.10 bits per heavy atom. The average molecular weight is 741 g/mol. The maximum atomic E-state index is 12.2. The van der Waals surface area contributed by atoms with Crippen molar-refractivity contribution in [2.75, 3.05) is 26.2 Å². The molecular formula is C36H42Cl4N2O6. The fraction of sp³-hybridized carbons (Fsp3) is 0.444. The van der Waals surface area contributed by atoms with Crippen molar-refractivity contribution in [2.24, 2.45) is 11.8 Å². The van der Waals surface area contributed by atoms with Crippen LogP contribution in [-0.2, 0) is 9.47 Å². The van der Waals surface area contributed by atoms with E-state index in [2.05, 4.69) is 0 Å². The smallest absolute Gasteiger partial charge is 0.410 e. The maximum Gasteiger partial charge on any atom is 0.410 e. The Balaban J connectivity index is 0.000000224. The number of aliphatic hydroxyl groups excluding tert-OH is 1. The molecule has 2 fully saturated rings. The van der Waals surface area contributed by atoms with Crippen molar-refractivity contribution < 1.29 is 28.9 Å². The Kier molecular flexibility index (Phi) is 12.5. The summed E-state index contributed by atoms with van der Waals surface area (Å²) >= 11 is 24.1. The summed E-state index contributed by atoms with van der Waals surface area (Å²) in [5, 5.41) is 12.2. The number of nitrogens with zero attached hydrogens (tertiary/aromatic N) is 2.